The van der Waals surface area contributed by atoms with E-state index in [0.29, 0.717) is 10.7 Å². The van der Waals surface area contributed by atoms with Crippen molar-refractivity contribution >= 4 is 34.8 Å². The normalized spacial score (nSPS) is 10.3. The van der Waals surface area contributed by atoms with E-state index in [1.807, 2.05) is 0 Å². The maximum absolute atomic E-state index is 12.9. The highest BCUT2D eigenvalue weighted by molar-refractivity contribution is 6.32. The summed E-state index contributed by atoms with van der Waals surface area (Å²) in [7, 11) is 0. The molecule has 3 nitrogen and oxygen atoms in total. The molecule has 2 aromatic rings. The molecule has 0 spiro atoms. The predicted molar refractivity (Wildman–Crippen MR) is 81.7 cm³/mol. The summed E-state index contributed by atoms with van der Waals surface area (Å²) >= 11 is 11.8. The first-order chi connectivity index (χ1) is 9.97. The Labute approximate surface area is 131 Å². The SMILES string of the molecule is Cc1c(Cl)cccc1NC(=O)COc1ccc(F)cc1Cl. The molecule has 6 heteroatoms. The molecule has 0 saturated carbocycles. The quantitative estimate of drug-likeness (QED) is 0.900. The highest BCUT2D eigenvalue weighted by Crippen LogP contribution is 2.25. The second kappa shape index (κ2) is 6.78. The molecule has 0 aliphatic rings. The average Bonchev–Trinajstić information content (AvgIpc) is 2.43. The van der Waals surface area contributed by atoms with Crippen molar-refractivity contribution in [2.75, 3.05) is 11.9 Å². The van der Waals surface area contributed by atoms with Gasteiger partial charge in [0.1, 0.15) is 11.6 Å². The molecular weight excluding hydrogens is 316 g/mol. The fourth-order valence-corrected chi connectivity index (χ4v) is 2.06. The van der Waals surface area contributed by atoms with E-state index in [2.05, 4.69) is 5.32 Å². The van der Waals surface area contributed by atoms with E-state index in [4.69, 9.17) is 27.9 Å². The number of benzene rings is 2. The second-order valence-corrected chi connectivity index (χ2v) is 5.14. The van der Waals surface area contributed by atoms with Gasteiger partial charge < -0.3 is 10.1 Å². The van der Waals surface area contributed by atoms with Crippen molar-refractivity contribution in [1.82, 2.24) is 0 Å². The molecule has 0 heterocycles. The molecule has 110 valence electrons. The molecule has 2 aromatic carbocycles. The van der Waals surface area contributed by atoms with Crippen LogP contribution < -0.4 is 10.1 Å². The second-order valence-electron chi connectivity index (χ2n) is 4.32. The fourth-order valence-electron chi connectivity index (χ4n) is 1.66. The van der Waals surface area contributed by atoms with Crippen LogP contribution >= 0.6 is 23.2 Å². The van der Waals surface area contributed by atoms with E-state index in [1.165, 1.54) is 12.1 Å². The standard InChI is InChI=1S/C15H12Cl2FNO2/c1-9-11(16)3-2-4-13(9)19-15(20)8-21-14-6-5-10(18)7-12(14)17/h2-7H,8H2,1H3,(H,19,20). The Morgan fingerprint density at radius 2 is 2.00 bits per heavy atom. The van der Waals surface area contributed by atoms with E-state index in [9.17, 15) is 9.18 Å². The van der Waals surface area contributed by atoms with Gasteiger partial charge in [-0.1, -0.05) is 29.3 Å². The van der Waals surface area contributed by atoms with E-state index in [-0.39, 0.29) is 23.3 Å². The van der Waals surface area contributed by atoms with Crippen LogP contribution in [0.15, 0.2) is 36.4 Å². The molecule has 21 heavy (non-hydrogen) atoms. The van der Waals surface area contributed by atoms with Crippen LogP contribution in [0.4, 0.5) is 10.1 Å². The molecule has 0 atom stereocenters. The van der Waals surface area contributed by atoms with E-state index < -0.39 is 5.82 Å². The van der Waals surface area contributed by atoms with Crippen LogP contribution in [0.3, 0.4) is 0 Å². The van der Waals surface area contributed by atoms with Gasteiger partial charge in [-0.3, -0.25) is 4.79 Å². The summed E-state index contributed by atoms with van der Waals surface area (Å²) in [5.41, 5.74) is 1.38. The Hall–Kier alpha value is -1.78. The largest absolute Gasteiger partial charge is 0.482 e. The van der Waals surface area contributed by atoms with Gasteiger partial charge in [-0.2, -0.15) is 0 Å². The summed E-state index contributed by atoms with van der Waals surface area (Å²) in [5.74, 6) is -0.580. The van der Waals surface area contributed by atoms with Crippen LogP contribution in [0.5, 0.6) is 5.75 Å². The van der Waals surface area contributed by atoms with Crippen molar-refractivity contribution in [3.05, 3.63) is 57.8 Å². The van der Waals surface area contributed by atoms with Crippen LogP contribution in [0, 0.1) is 12.7 Å². The monoisotopic (exact) mass is 327 g/mol. The van der Waals surface area contributed by atoms with Crippen LogP contribution in [0.1, 0.15) is 5.56 Å². The first-order valence-electron chi connectivity index (χ1n) is 6.10. The molecular formula is C15H12Cl2FNO2. The van der Waals surface area contributed by atoms with Gasteiger partial charge in [0.25, 0.3) is 5.91 Å². The van der Waals surface area contributed by atoms with E-state index in [1.54, 1.807) is 25.1 Å². The van der Waals surface area contributed by atoms with E-state index in [0.717, 1.165) is 11.6 Å². The molecule has 1 amide bonds. The highest BCUT2D eigenvalue weighted by atomic mass is 35.5. The van der Waals surface area contributed by atoms with Gasteiger partial charge in [0.05, 0.1) is 5.02 Å². The number of rotatable bonds is 4. The molecule has 0 aliphatic carbocycles. The van der Waals surface area contributed by atoms with Gasteiger partial charge in [0.2, 0.25) is 0 Å². The zero-order valence-electron chi connectivity index (χ0n) is 11.1. The number of carbonyl (C=O) groups excluding carboxylic acids is 1. The van der Waals surface area contributed by atoms with Crippen molar-refractivity contribution in [2.24, 2.45) is 0 Å². The molecule has 0 radical (unpaired) electrons. The lowest BCUT2D eigenvalue weighted by molar-refractivity contribution is -0.118. The maximum Gasteiger partial charge on any atom is 0.262 e. The number of nitrogens with one attached hydrogen (secondary N) is 1. The van der Waals surface area contributed by atoms with Gasteiger partial charge in [-0.15, -0.1) is 0 Å². The molecule has 0 fully saturated rings. The predicted octanol–water partition coefficient (Wildman–Crippen LogP) is 4.46. The average molecular weight is 328 g/mol. The Bertz CT molecular complexity index is 677. The van der Waals surface area contributed by atoms with Gasteiger partial charge >= 0.3 is 0 Å². The molecule has 1 N–H and O–H groups in total. The first kappa shape index (κ1) is 15.6. The van der Waals surface area contributed by atoms with Crippen molar-refractivity contribution < 1.29 is 13.9 Å². The summed E-state index contributed by atoms with van der Waals surface area (Å²) in [5, 5.41) is 3.36. The summed E-state index contributed by atoms with van der Waals surface area (Å²) < 4.78 is 18.1. The summed E-state index contributed by atoms with van der Waals surface area (Å²) in [6.45, 7) is 1.56. The number of hydrogen-bond acceptors (Lipinski definition) is 2. The Kier molecular flexibility index (Phi) is 5.04. The minimum absolute atomic E-state index is 0.113. The fraction of sp³-hybridized carbons (Fsp3) is 0.133. The van der Waals surface area contributed by atoms with Crippen molar-refractivity contribution in [2.45, 2.75) is 6.92 Å². The van der Waals surface area contributed by atoms with Crippen LogP contribution in [-0.2, 0) is 4.79 Å². The summed E-state index contributed by atoms with van der Waals surface area (Å²) in [6, 6.07) is 8.92. The van der Waals surface area contributed by atoms with Crippen LogP contribution in [-0.4, -0.2) is 12.5 Å². The van der Waals surface area contributed by atoms with Gasteiger partial charge in [-0.05, 0) is 42.8 Å². The Morgan fingerprint density at radius 1 is 1.24 bits per heavy atom. The zero-order chi connectivity index (χ0) is 15.4. The van der Waals surface area contributed by atoms with Gasteiger partial charge in [-0.25, -0.2) is 4.39 Å². The number of halogens is 3. The van der Waals surface area contributed by atoms with Crippen molar-refractivity contribution in [1.29, 1.82) is 0 Å². The Balaban J connectivity index is 1.97. The molecule has 0 bridgehead atoms. The first-order valence-corrected chi connectivity index (χ1v) is 6.86. The zero-order valence-corrected chi connectivity index (χ0v) is 12.6. The molecule has 0 aliphatic heterocycles. The number of carbonyl (C=O) groups is 1. The summed E-state index contributed by atoms with van der Waals surface area (Å²) in [6.07, 6.45) is 0. The number of amides is 1. The maximum atomic E-state index is 12.9. The minimum Gasteiger partial charge on any atom is -0.482 e. The number of ether oxygens (including phenoxy) is 1. The third-order valence-corrected chi connectivity index (χ3v) is 3.50. The van der Waals surface area contributed by atoms with Crippen LogP contribution in [0.25, 0.3) is 0 Å². The van der Waals surface area contributed by atoms with Gasteiger partial charge in [0, 0.05) is 10.7 Å². The molecule has 0 unspecified atom stereocenters. The minimum atomic E-state index is -0.466. The topological polar surface area (TPSA) is 38.3 Å². The lowest BCUT2D eigenvalue weighted by atomic mass is 10.2. The number of hydrogen-bond donors (Lipinski definition) is 1. The lowest BCUT2D eigenvalue weighted by Crippen LogP contribution is -2.20. The van der Waals surface area contributed by atoms with Gasteiger partial charge in [0.15, 0.2) is 6.61 Å². The van der Waals surface area contributed by atoms with Crippen molar-refractivity contribution in [3.8, 4) is 5.75 Å². The molecule has 2 rings (SSSR count). The smallest absolute Gasteiger partial charge is 0.262 e. The van der Waals surface area contributed by atoms with Crippen molar-refractivity contribution in [3.63, 3.8) is 0 Å². The number of anilines is 1. The van der Waals surface area contributed by atoms with Crippen LogP contribution in [0.2, 0.25) is 10.0 Å². The Morgan fingerprint density at radius 3 is 2.71 bits per heavy atom. The highest BCUT2D eigenvalue weighted by Gasteiger charge is 2.09. The van der Waals surface area contributed by atoms with E-state index >= 15 is 0 Å². The molecule has 0 aromatic heterocycles. The third-order valence-electron chi connectivity index (χ3n) is 2.79. The lowest BCUT2D eigenvalue weighted by Gasteiger charge is -2.11. The summed E-state index contributed by atoms with van der Waals surface area (Å²) in [4.78, 5) is 11.8. The third kappa shape index (κ3) is 4.09. The molecule has 0 saturated heterocycles.